The summed E-state index contributed by atoms with van der Waals surface area (Å²) in [6, 6.07) is 8.61. The summed E-state index contributed by atoms with van der Waals surface area (Å²) in [6.45, 7) is 18.9. The van der Waals surface area contributed by atoms with Crippen molar-refractivity contribution in [1.82, 2.24) is 80.5 Å². The highest BCUT2D eigenvalue weighted by Crippen LogP contribution is 2.28. The van der Waals surface area contributed by atoms with Gasteiger partial charge in [0, 0.05) is 38.1 Å². The minimum atomic E-state index is -4.28. The summed E-state index contributed by atoms with van der Waals surface area (Å²) >= 11 is 0. The Bertz CT molecular complexity index is 3460. The van der Waals surface area contributed by atoms with Crippen molar-refractivity contribution < 1.29 is 84.0 Å². The van der Waals surface area contributed by atoms with E-state index in [-0.39, 0.29) is 153 Å². The highest BCUT2D eigenvalue weighted by Gasteiger charge is 2.41. The molecule has 5 amide bonds. The molecule has 0 aliphatic carbocycles. The molecular formula is C63H100N16O18S2. The lowest BCUT2D eigenvalue weighted by atomic mass is 10.0. The van der Waals surface area contributed by atoms with Crippen LogP contribution in [0.25, 0.3) is 0 Å². The fraction of sp³-hybridized carbons (Fsp3) is 0.635. The van der Waals surface area contributed by atoms with Gasteiger partial charge in [-0.2, -0.15) is 8.61 Å². The molecule has 34 nitrogen and oxygen atoms in total. The second-order valence-electron chi connectivity index (χ2n) is 24.6. The van der Waals surface area contributed by atoms with Crippen molar-refractivity contribution >= 4 is 49.6 Å². The molecule has 99 heavy (non-hydrogen) atoms. The Kier molecular flexibility index (Phi) is 35.3. The smallest absolute Gasteiger partial charge is 0.262 e. The number of hydrogen-bond acceptors (Lipinski definition) is 24. The number of ether oxygens (including phenoxy) is 7. The van der Waals surface area contributed by atoms with Gasteiger partial charge in [0.25, 0.3) is 11.8 Å². The summed E-state index contributed by atoms with van der Waals surface area (Å²) in [5, 5.41) is 42.5. The number of aromatic nitrogens is 9. The van der Waals surface area contributed by atoms with Gasteiger partial charge in [-0.15, -0.1) is 15.3 Å². The molecule has 0 radical (unpaired) electrons. The van der Waals surface area contributed by atoms with Gasteiger partial charge in [-0.3, -0.25) is 34.0 Å². The van der Waals surface area contributed by atoms with Crippen LogP contribution >= 0.6 is 0 Å². The van der Waals surface area contributed by atoms with Crippen molar-refractivity contribution in [2.45, 2.75) is 161 Å². The van der Waals surface area contributed by atoms with Crippen molar-refractivity contribution in [2.24, 2.45) is 11.8 Å². The number of benzene rings is 2. The predicted molar refractivity (Wildman–Crippen MR) is 357 cm³/mol. The number of carbonyl (C=O) groups excluding carboxylic acids is 5. The number of hydrogen-bond donors (Lipinski definition) is 6. The molecule has 0 fully saturated rings. The lowest BCUT2D eigenvalue weighted by Crippen LogP contribution is -2.52. The third kappa shape index (κ3) is 28.9. The second kappa shape index (κ2) is 42.6. The van der Waals surface area contributed by atoms with Crippen LogP contribution in [0.4, 0.5) is 0 Å². The van der Waals surface area contributed by atoms with E-state index < -0.39 is 79.2 Å². The van der Waals surface area contributed by atoms with Crippen LogP contribution < -0.4 is 31.6 Å². The van der Waals surface area contributed by atoms with E-state index in [4.69, 9.17) is 38.0 Å². The number of aryl methyl sites for hydroxylation is 2. The van der Waals surface area contributed by atoms with E-state index in [2.05, 4.69) is 59.3 Å². The van der Waals surface area contributed by atoms with Crippen LogP contribution in [-0.2, 0) is 116 Å². The maximum absolute atomic E-state index is 14.2. The van der Waals surface area contributed by atoms with Crippen molar-refractivity contribution in [2.75, 3.05) is 99.5 Å². The number of rotatable bonds is 50. The molecule has 3 heterocycles. The number of nitrogens with one attached hydrogen (secondary N) is 5. The quantitative estimate of drug-likeness (QED) is 0.0184. The van der Waals surface area contributed by atoms with Gasteiger partial charge in [-0.05, 0) is 95.2 Å². The number of sulfonamides is 2. The zero-order valence-corrected chi connectivity index (χ0v) is 60.0. The topological polar surface area (TPSA) is 406 Å². The summed E-state index contributed by atoms with van der Waals surface area (Å²) in [5.41, 5.74) is 5.50. The molecule has 0 aliphatic heterocycles. The van der Waals surface area contributed by atoms with Crippen molar-refractivity contribution in [3.8, 4) is 5.75 Å². The highest BCUT2D eigenvalue weighted by molar-refractivity contribution is 7.89. The summed E-state index contributed by atoms with van der Waals surface area (Å²) in [6.07, 6.45) is 7.34. The van der Waals surface area contributed by atoms with E-state index >= 15 is 0 Å². The third-order valence-electron chi connectivity index (χ3n) is 14.6. The molecule has 552 valence electrons. The van der Waals surface area contributed by atoms with E-state index in [0.717, 1.165) is 32.7 Å². The van der Waals surface area contributed by atoms with E-state index in [1.165, 1.54) is 57.6 Å². The van der Waals surface area contributed by atoms with Crippen LogP contribution in [0.2, 0.25) is 0 Å². The predicted octanol–water partition coefficient (Wildman–Crippen LogP) is 1.90. The number of methoxy groups -OCH3 is 1. The van der Waals surface area contributed by atoms with E-state index in [1.54, 1.807) is 84.7 Å². The van der Waals surface area contributed by atoms with E-state index in [9.17, 15) is 46.0 Å². The Morgan fingerprint density at radius 1 is 0.576 bits per heavy atom. The van der Waals surface area contributed by atoms with Crippen molar-refractivity contribution in [3.63, 3.8) is 0 Å². The molecule has 0 saturated heterocycles. The molecule has 3 unspecified atom stereocenters. The molecular weight excluding hydrogens is 1330 g/mol. The van der Waals surface area contributed by atoms with E-state index in [0.29, 0.717) is 24.4 Å². The minimum absolute atomic E-state index is 0.00582. The van der Waals surface area contributed by atoms with E-state index in [1.807, 2.05) is 6.92 Å². The van der Waals surface area contributed by atoms with Gasteiger partial charge in [-0.1, -0.05) is 74.4 Å². The lowest BCUT2D eigenvalue weighted by Gasteiger charge is -2.32. The van der Waals surface area contributed by atoms with Crippen LogP contribution in [0.1, 0.15) is 104 Å². The summed E-state index contributed by atoms with van der Waals surface area (Å²) in [5.74, 6) is -3.42. The van der Waals surface area contributed by atoms with Crippen LogP contribution in [0.3, 0.4) is 0 Å². The number of hydroxylamine groups is 2. The molecule has 2 aromatic carbocycles. The molecule has 0 bridgehead atoms. The number of unbranched alkanes of at least 4 members (excludes halogenated alkanes) is 1. The molecule has 0 saturated carbocycles. The minimum Gasteiger partial charge on any atom is -0.497 e. The maximum atomic E-state index is 14.2. The Labute approximate surface area is 579 Å². The standard InChI is InChI=1S/C63H100N16O18S2/c1-11-12-13-49-40-77(74-67-49)45-57(81)66-55(22-23-56(80)64-24-28-91-32-36-95-38-34-93-30-26-75-41-50(68-72-75)43-78(58(46(2)3)61(83)70-85)99(88,89)54-20-16-52(90-10)17-21-54)60(82)65-25-29-92-33-37-96-39-35-94-31-27-76-42-51(69-73-76)44-79(98(86,87)53-18-14-48(6)15-19-53)59(47(4)5)62(84)71-97-63(7,8)9/h14-21,40-42,46-47,55,58-59,85H,11-13,22-39,43-45H2,1-10H3,(H,64,80)(H,65,82)(H,66,81)(H,70,83)(H,71,84). The normalized spacial score (nSPS) is 13.0. The molecule has 0 spiro atoms. The van der Waals surface area contributed by atoms with Gasteiger partial charge in [0.1, 0.15) is 30.4 Å². The molecule has 3 atom stereocenters. The van der Waals surface area contributed by atoms with Crippen molar-refractivity contribution in [3.05, 3.63) is 89.8 Å². The summed E-state index contributed by atoms with van der Waals surface area (Å²) in [4.78, 5) is 71.3. The zero-order valence-electron chi connectivity index (χ0n) is 58.3. The molecule has 5 rings (SSSR count). The van der Waals surface area contributed by atoms with Gasteiger partial charge >= 0.3 is 0 Å². The van der Waals surface area contributed by atoms with Crippen molar-refractivity contribution in [1.29, 1.82) is 0 Å². The van der Waals surface area contributed by atoms with Gasteiger partial charge < -0.3 is 49.1 Å². The first kappa shape index (κ1) is 82.2. The first-order chi connectivity index (χ1) is 47.2. The fourth-order valence-corrected chi connectivity index (χ4v) is 12.9. The first-order valence-corrected chi connectivity index (χ1v) is 35.8. The SMILES string of the molecule is CCCCc1cn(CC(=O)NC(CCC(=O)NCCOCCOCCOCCn2cc(CN(C(C(=O)NO)C(C)C)S(=O)(=O)c3ccc(OC)cc3)nn2)C(=O)NCCOCCOCCOCCn2cc(CN(C(C(=O)NOC(C)(C)C)C(C)C)S(=O)(=O)c3ccc(C)cc3)nn2)nn1. The second-order valence-corrected chi connectivity index (χ2v) is 28.3. The largest absolute Gasteiger partial charge is 0.497 e. The molecule has 0 aliphatic rings. The number of amides is 5. The Balaban J connectivity index is 0.954. The average Bonchev–Trinajstić information content (AvgIpc) is 1.31. The maximum Gasteiger partial charge on any atom is 0.262 e. The zero-order chi connectivity index (χ0) is 72.4. The van der Waals surface area contributed by atoms with Crippen LogP contribution in [0.5, 0.6) is 5.75 Å². The van der Waals surface area contributed by atoms with Gasteiger partial charge in [0.2, 0.25) is 37.8 Å². The monoisotopic (exact) mass is 1430 g/mol. The van der Waals surface area contributed by atoms with Crippen LogP contribution in [0.15, 0.2) is 76.9 Å². The number of carbonyl (C=O) groups is 5. The average molecular weight is 1430 g/mol. The fourth-order valence-electron chi connectivity index (χ4n) is 9.56. The summed E-state index contributed by atoms with van der Waals surface area (Å²) in [7, 11) is -7.03. The molecule has 36 heteroatoms. The molecule has 6 N–H and O–H groups in total. The number of nitrogens with zero attached hydrogens (tertiary/aromatic N) is 11. The van der Waals surface area contributed by atoms with Gasteiger partial charge in [-0.25, -0.2) is 41.8 Å². The highest BCUT2D eigenvalue weighted by atomic mass is 32.2. The Morgan fingerprint density at radius 2 is 1.02 bits per heavy atom. The molecule has 5 aromatic rings. The van der Waals surface area contributed by atoms with Crippen LogP contribution in [-0.4, -0.2) is 228 Å². The van der Waals surface area contributed by atoms with Crippen LogP contribution in [0, 0.1) is 18.8 Å². The molecule has 3 aromatic heterocycles. The lowest BCUT2D eigenvalue weighted by molar-refractivity contribution is -0.151. The first-order valence-electron chi connectivity index (χ1n) is 32.9. The Morgan fingerprint density at radius 3 is 1.49 bits per heavy atom. The summed E-state index contributed by atoms with van der Waals surface area (Å²) < 4.78 is 102. The van der Waals surface area contributed by atoms with Gasteiger partial charge in [0.15, 0.2) is 0 Å². The van der Waals surface area contributed by atoms with Gasteiger partial charge in [0.05, 0.1) is 145 Å². The Hall–Kier alpha value is -7.49. The third-order valence-corrected chi connectivity index (χ3v) is 18.3.